The SMILES string of the molecule is N#CB1CC(c2cc3cc(Cl)nnc3s2)C1. The van der Waals surface area contributed by atoms with E-state index in [4.69, 9.17) is 16.9 Å². The number of halogens is 1. The van der Waals surface area contributed by atoms with Crippen LogP contribution in [0.4, 0.5) is 0 Å². The summed E-state index contributed by atoms with van der Waals surface area (Å²) in [6.07, 6.45) is 1.95. The average molecular weight is 248 g/mol. The number of hydrogen-bond donors (Lipinski definition) is 0. The van der Waals surface area contributed by atoms with Crippen LogP contribution in [0.5, 0.6) is 0 Å². The Labute approximate surface area is 102 Å². The Morgan fingerprint density at radius 3 is 3.00 bits per heavy atom. The zero-order chi connectivity index (χ0) is 11.1. The second kappa shape index (κ2) is 3.72. The fourth-order valence-electron chi connectivity index (χ4n) is 2.00. The summed E-state index contributed by atoms with van der Waals surface area (Å²) in [7, 11) is 0. The summed E-state index contributed by atoms with van der Waals surface area (Å²) in [5, 5.41) is 18.1. The summed E-state index contributed by atoms with van der Waals surface area (Å²) in [4.78, 5) is 2.23. The molecule has 2 aromatic heterocycles. The fourth-order valence-corrected chi connectivity index (χ4v) is 3.24. The summed E-state index contributed by atoms with van der Waals surface area (Å²) in [6, 6.07) is 3.96. The molecule has 6 heteroatoms. The molecule has 3 nitrogen and oxygen atoms in total. The van der Waals surface area contributed by atoms with Crippen LogP contribution in [0.3, 0.4) is 0 Å². The van der Waals surface area contributed by atoms with E-state index in [1.165, 1.54) is 4.88 Å². The van der Waals surface area contributed by atoms with Gasteiger partial charge in [0.25, 0.3) is 6.71 Å². The highest BCUT2D eigenvalue weighted by Gasteiger charge is 2.35. The first-order chi connectivity index (χ1) is 7.76. The molecule has 0 aromatic carbocycles. The van der Waals surface area contributed by atoms with E-state index in [-0.39, 0.29) is 6.71 Å². The van der Waals surface area contributed by atoms with Gasteiger partial charge >= 0.3 is 0 Å². The van der Waals surface area contributed by atoms with E-state index in [2.05, 4.69) is 22.2 Å². The molecule has 78 valence electrons. The smallest absolute Gasteiger partial charge is 0.213 e. The third kappa shape index (κ3) is 1.59. The van der Waals surface area contributed by atoms with Crippen molar-refractivity contribution in [1.29, 1.82) is 5.26 Å². The van der Waals surface area contributed by atoms with E-state index in [9.17, 15) is 0 Å². The zero-order valence-corrected chi connectivity index (χ0v) is 9.92. The van der Waals surface area contributed by atoms with Crippen LogP contribution >= 0.6 is 22.9 Å². The molecule has 1 fully saturated rings. The molecule has 0 radical (unpaired) electrons. The highest BCUT2D eigenvalue weighted by Crippen LogP contribution is 2.42. The standard InChI is InChI=1S/C10H7BClN3S/c12-9-2-6-1-8(16-10(6)15-14-9)7-3-11(4-7)5-13/h1-2,7H,3-4H2. The van der Waals surface area contributed by atoms with Crippen molar-refractivity contribution in [3.05, 3.63) is 22.2 Å². The van der Waals surface area contributed by atoms with Gasteiger partial charge in [-0.1, -0.05) is 24.2 Å². The van der Waals surface area contributed by atoms with Gasteiger partial charge in [-0.3, -0.25) is 0 Å². The Balaban J connectivity index is 1.92. The minimum Gasteiger partial charge on any atom is -0.213 e. The Hall–Kier alpha value is -1.12. The molecule has 1 aliphatic rings. The molecule has 16 heavy (non-hydrogen) atoms. The summed E-state index contributed by atoms with van der Waals surface area (Å²) < 4.78 is 0. The van der Waals surface area contributed by atoms with Crippen molar-refractivity contribution in [2.75, 3.05) is 0 Å². The highest BCUT2D eigenvalue weighted by atomic mass is 35.5. The lowest BCUT2D eigenvalue weighted by Crippen LogP contribution is -2.27. The van der Waals surface area contributed by atoms with Crippen LogP contribution in [0.15, 0.2) is 12.1 Å². The number of aromatic nitrogens is 2. The van der Waals surface area contributed by atoms with E-state index >= 15 is 0 Å². The monoisotopic (exact) mass is 247 g/mol. The van der Waals surface area contributed by atoms with Crippen molar-refractivity contribution in [3.8, 4) is 5.97 Å². The first-order valence-corrected chi connectivity index (χ1v) is 6.28. The van der Waals surface area contributed by atoms with Crippen LogP contribution in [-0.4, -0.2) is 16.9 Å². The largest absolute Gasteiger partial charge is 0.269 e. The topological polar surface area (TPSA) is 49.6 Å². The lowest BCUT2D eigenvalue weighted by atomic mass is 9.32. The summed E-state index contributed by atoms with van der Waals surface area (Å²) >= 11 is 7.45. The molecule has 0 aliphatic carbocycles. The molecule has 0 amide bonds. The summed E-state index contributed by atoms with van der Waals surface area (Å²) in [5.41, 5.74) is 0. The van der Waals surface area contributed by atoms with E-state index in [0.717, 1.165) is 22.9 Å². The van der Waals surface area contributed by atoms with Crippen molar-refractivity contribution < 1.29 is 0 Å². The third-order valence-corrected chi connectivity index (χ3v) is 4.38. The predicted molar refractivity (Wildman–Crippen MR) is 66.1 cm³/mol. The maximum atomic E-state index is 8.74. The van der Waals surface area contributed by atoms with Gasteiger partial charge in [-0.25, -0.2) is 5.26 Å². The normalized spacial score (nSPS) is 16.1. The molecule has 0 spiro atoms. The molecule has 1 saturated heterocycles. The Morgan fingerprint density at radius 1 is 1.44 bits per heavy atom. The van der Waals surface area contributed by atoms with Gasteiger partial charge < -0.3 is 0 Å². The van der Waals surface area contributed by atoms with Crippen LogP contribution in [0.2, 0.25) is 17.8 Å². The molecule has 2 aromatic rings. The third-order valence-electron chi connectivity index (χ3n) is 2.99. The molecule has 3 heterocycles. The molecular weight excluding hydrogens is 240 g/mol. The maximum Gasteiger partial charge on any atom is 0.269 e. The lowest BCUT2D eigenvalue weighted by Gasteiger charge is -2.26. The Morgan fingerprint density at radius 2 is 2.25 bits per heavy atom. The van der Waals surface area contributed by atoms with E-state index in [1.54, 1.807) is 11.3 Å². The molecule has 3 rings (SSSR count). The number of thiophene rings is 1. The van der Waals surface area contributed by atoms with Crippen LogP contribution in [0.25, 0.3) is 10.2 Å². The van der Waals surface area contributed by atoms with Gasteiger partial charge in [0, 0.05) is 16.2 Å². The molecule has 0 atom stereocenters. The van der Waals surface area contributed by atoms with Crippen molar-refractivity contribution in [3.63, 3.8) is 0 Å². The number of nitriles is 1. The first-order valence-electron chi connectivity index (χ1n) is 5.08. The Kier molecular flexibility index (Phi) is 2.34. The van der Waals surface area contributed by atoms with Crippen LogP contribution in [-0.2, 0) is 0 Å². The van der Waals surface area contributed by atoms with Crippen LogP contribution < -0.4 is 0 Å². The van der Waals surface area contributed by atoms with Crippen molar-refractivity contribution in [2.24, 2.45) is 0 Å². The molecular formula is C10H7BClN3S. The fraction of sp³-hybridized carbons (Fsp3) is 0.300. The minimum absolute atomic E-state index is 0.241. The number of nitrogens with zero attached hydrogens (tertiary/aromatic N) is 3. The molecule has 0 unspecified atom stereocenters. The van der Waals surface area contributed by atoms with Crippen molar-refractivity contribution in [2.45, 2.75) is 18.6 Å². The van der Waals surface area contributed by atoms with E-state index in [1.807, 2.05) is 6.07 Å². The van der Waals surface area contributed by atoms with E-state index in [0.29, 0.717) is 11.1 Å². The average Bonchev–Trinajstić information content (AvgIpc) is 2.58. The second-order valence-electron chi connectivity index (χ2n) is 4.07. The van der Waals surface area contributed by atoms with Gasteiger partial charge in [-0.15, -0.1) is 21.5 Å². The quantitative estimate of drug-likeness (QED) is 0.728. The maximum absolute atomic E-state index is 8.74. The van der Waals surface area contributed by atoms with Gasteiger partial charge in [0.2, 0.25) is 0 Å². The van der Waals surface area contributed by atoms with Gasteiger partial charge in [0.15, 0.2) is 5.15 Å². The van der Waals surface area contributed by atoms with Crippen LogP contribution in [0, 0.1) is 11.2 Å². The second-order valence-corrected chi connectivity index (χ2v) is 5.52. The summed E-state index contributed by atoms with van der Waals surface area (Å²) in [6.45, 7) is 0.241. The van der Waals surface area contributed by atoms with Crippen LogP contribution in [0.1, 0.15) is 10.8 Å². The van der Waals surface area contributed by atoms with Gasteiger partial charge in [-0.05, 0) is 18.1 Å². The Bertz CT molecular complexity index is 585. The number of fused-ring (bicyclic) bond motifs is 1. The minimum atomic E-state index is 0.241. The van der Waals surface area contributed by atoms with Crippen molar-refractivity contribution >= 4 is 39.9 Å². The molecule has 1 aliphatic heterocycles. The summed E-state index contributed by atoms with van der Waals surface area (Å²) in [5.74, 6) is 2.83. The van der Waals surface area contributed by atoms with E-state index < -0.39 is 0 Å². The predicted octanol–water partition coefficient (Wildman–Crippen LogP) is 3.00. The number of hydrogen-bond acceptors (Lipinski definition) is 4. The number of rotatable bonds is 1. The van der Waals surface area contributed by atoms with Gasteiger partial charge in [0.1, 0.15) is 4.83 Å². The van der Waals surface area contributed by atoms with Crippen molar-refractivity contribution in [1.82, 2.24) is 10.2 Å². The zero-order valence-electron chi connectivity index (χ0n) is 8.35. The lowest BCUT2D eigenvalue weighted by molar-refractivity contribution is 0.791. The molecule has 0 N–H and O–H groups in total. The van der Waals surface area contributed by atoms with Gasteiger partial charge in [0.05, 0.1) is 0 Å². The van der Waals surface area contributed by atoms with Gasteiger partial charge in [-0.2, -0.15) is 0 Å². The molecule has 0 bridgehead atoms. The first kappa shape index (κ1) is 10.1. The molecule has 0 saturated carbocycles. The highest BCUT2D eigenvalue weighted by molar-refractivity contribution is 7.18.